The van der Waals surface area contributed by atoms with Gasteiger partial charge in [0.25, 0.3) is 5.91 Å². The van der Waals surface area contributed by atoms with Crippen LogP contribution in [0.2, 0.25) is 0 Å². The van der Waals surface area contributed by atoms with Crippen LogP contribution in [0, 0.1) is 13.8 Å². The molecule has 6 heteroatoms. The number of benzene rings is 1. The molecule has 27 heavy (non-hydrogen) atoms. The predicted molar refractivity (Wildman–Crippen MR) is 104 cm³/mol. The Balaban J connectivity index is 1.74. The molecule has 0 bridgehead atoms. The molecule has 3 aromatic rings. The van der Waals surface area contributed by atoms with Gasteiger partial charge in [0.2, 0.25) is 0 Å². The van der Waals surface area contributed by atoms with Gasteiger partial charge in [0.15, 0.2) is 5.65 Å². The largest absolute Gasteiger partial charge is 0.372 e. The number of morpholine rings is 1. The lowest BCUT2D eigenvalue weighted by Crippen LogP contribution is -2.48. The van der Waals surface area contributed by atoms with Crippen molar-refractivity contribution in [2.75, 3.05) is 13.1 Å². The van der Waals surface area contributed by atoms with Gasteiger partial charge in [-0.1, -0.05) is 12.1 Å². The summed E-state index contributed by atoms with van der Waals surface area (Å²) in [4.78, 5) is 19.4. The third-order valence-corrected chi connectivity index (χ3v) is 5.14. The molecule has 4 rings (SSSR count). The minimum Gasteiger partial charge on any atom is -0.372 e. The number of carbonyl (C=O) groups is 1. The van der Waals surface area contributed by atoms with Crippen LogP contribution < -0.4 is 0 Å². The molecule has 1 fully saturated rings. The third kappa shape index (κ3) is 3.21. The average Bonchev–Trinajstić information content (AvgIpc) is 3.06. The van der Waals surface area contributed by atoms with E-state index >= 15 is 0 Å². The molecule has 0 aliphatic carbocycles. The van der Waals surface area contributed by atoms with Crippen LogP contribution in [0.25, 0.3) is 16.9 Å². The van der Waals surface area contributed by atoms with Gasteiger partial charge in [0, 0.05) is 24.8 Å². The Labute approximate surface area is 158 Å². The highest BCUT2D eigenvalue weighted by Gasteiger charge is 2.28. The Hall–Kier alpha value is -2.73. The van der Waals surface area contributed by atoms with Gasteiger partial charge in [-0.05, 0) is 51.0 Å². The van der Waals surface area contributed by atoms with E-state index in [1.165, 1.54) is 11.1 Å². The number of aryl methyl sites for hydroxylation is 2. The summed E-state index contributed by atoms with van der Waals surface area (Å²) in [6.07, 6.45) is 3.42. The maximum Gasteiger partial charge on any atom is 0.259 e. The first-order valence-electron chi connectivity index (χ1n) is 9.29. The second kappa shape index (κ2) is 6.78. The zero-order valence-corrected chi connectivity index (χ0v) is 16.1. The molecule has 1 aliphatic rings. The Morgan fingerprint density at radius 3 is 2.56 bits per heavy atom. The number of fused-ring (bicyclic) bond motifs is 1. The number of amides is 1. The number of rotatable bonds is 2. The first-order chi connectivity index (χ1) is 12.9. The smallest absolute Gasteiger partial charge is 0.259 e. The fraction of sp³-hybridized carbons (Fsp3) is 0.381. The predicted octanol–water partition coefficient (Wildman–Crippen LogP) is 3.26. The number of hydrogen-bond donors (Lipinski definition) is 0. The molecule has 140 valence electrons. The molecular weight excluding hydrogens is 340 g/mol. The Morgan fingerprint density at radius 2 is 1.85 bits per heavy atom. The van der Waals surface area contributed by atoms with Crippen molar-refractivity contribution in [3.05, 3.63) is 53.3 Å². The topological polar surface area (TPSA) is 59.7 Å². The van der Waals surface area contributed by atoms with E-state index in [9.17, 15) is 4.79 Å². The van der Waals surface area contributed by atoms with Crippen molar-refractivity contribution in [2.24, 2.45) is 0 Å². The summed E-state index contributed by atoms with van der Waals surface area (Å²) in [6.45, 7) is 9.32. The van der Waals surface area contributed by atoms with Gasteiger partial charge >= 0.3 is 0 Å². The minimum atomic E-state index is -0.0447. The fourth-order valence-corrected chi connectivity index (χ4v) is 3.68. The summed E-state index contributed by atoms with van der Waals surface area (Å²) in [5, 5.41) is 4.48. The molecule has 0 unspecified atom stereocenters. The summed E-state index contributed by atoms with van der Waals surface area (Å²) < 4.78 is 7.49. The van der Waals surface area contributed by atoms with Crippen molar-refractivity contribution in [1.29, 1.82) is 0 Å². The lowest BCUT2D eigenvalue weighted by Gasteiger charge is -2.35. The molecule has 1 amide bonds. The normalized spacial score (nSPS) is 20.2. The lowest BCUT2D eigenvalue weighted by atomic mass is 10.0. The van der Waals surface area contributed by atoms with Crippen LogP contribution in [0.3, 0.4) is 0 Å². The molecule has 2 atom stereocenters. The molecule has 0 radical (unpaired) electrons. The monoisotopic (exact) mass is 364 g/mol. The number of ether oxygens (including phenoxy) is 1. The lowest BCUT2D eigenvalue weighted by molar-refractivity contribution is -0.0585. The Bertz CT molecular complexity index is 1000. The molecule has 0 spiro atoms. The van der Waals surface area contributed by atoms with Crippen LogP contribution in [0.5, 0.6) is 0 Å². The van der Waals surface area contributed by atoms with Crippen molar-refractivity contribution < 1.29 is 9.53 Å². The van der Waals surface area contributed by atoms with Gasteiger partial charge in [0.05, 0.1) is 24.1 Å². The van der Waals surface area contributed by atoms with Crippen molar-refractivity contribution >= 4 is 11.6 Å². The molecule has 3 heterocycles. The van der Waals surface area contributed by atoms with E-state index in [-0.39, 0.29) is 18.1 Å². The van der Waals surface area contributed by atoms with Crippen LogP contribution in [-0.2, 0) is 4.74 Å². The summed E-state index contributed by atoms with van der Waals surface area (Å²) >= 11 is 0. The third-order valence-electron chi connectivity index (χ3n) is 5.14. The molecule has 2 aromatic heterocycles. The first-order valence-corrected chi connectivity index (χ1v) is 9.29. The van der Waals surface area contributed by atoms with Crippen molar-refractivity contribution in [3.63, 3.8) is 0 Å². The zero-order chi connectivity index (χ0) is 19.1. The second-order valence-electron chi connectivity index (χ2n) is 7.39. The summed E-state index contributed by atoms with van der Waals surface area (Å²) in [5.74, 6) is -0.0447. The Morgan fingerprint density at radius 1 is 1.11 bits per heavy atom. The standard InChI is InChI=1S/C21H24N4O2/c1-13-5-6-17(9-14(13)2)19-7-8-22-20-18(10-23-25(19)20)21(26)24-11-15(3)27-16(4)12-24/h5-10,15-16H,11-12H2,1-4H3/t15-,16-/m1/s1. The second-order valence-corrected chi connectivity index (χ2v) is 7.39. The number of aromatic nitrogens is 3. The molecule has 0 saturated carbocycles. The van der Waals surface area contributed by atoms with Gasteiger partial charge < -0.3 is 9.64 Å². The van der Waals surface area contributed by atoms with Crippen LogP contribution >= 0.6 is 0 Å². The van der Waals surface area contributed by atoms with E-state index in [4.69, 9.17) is 4.74 Å². The van der Waals surface area contributed by atoms with Crippen molar-refractivity contribution in [2.45, 2.75) is 39.9 Å². The summed E-state index contributed by atoms with van der Waals surface area (Å²) in [5.41, 5.74) is 5.56. The van der Waals surface area contributed by atoms with Gasteiger partial charge in [-0.3, -0.25) is 4.79 Å². The molecule has 1 aromatic carbocycles. The quantitative estimate of drug-likeness (QED) is 0.700. The highest BCUT2D eigenvalue weighted by atomic mass is 16.5. The molecule has 1 saturated heterocycles. The van der Waals surface area contributed by atoms with E-state index in [0.717, 1.165) is 11.3 Å². The van der Waals surface area contributed by atoms with E-state index in [0.29, 0.717) is 24.3 Å². The van der Waals surface area contributed by atoms with Gasteiger partial charge in [-0.2, -0.15) is 5.10 Å². The summed E-state index contributed by atoms with van der Waals surface area (Å²) in [7, 11) is 0. The molecule has 1 aliphatic heterocycles. The highest BCUT2D eigenvalue weighted by Crippen LogP contribution is 2.24. The van der Waals surface area contributed by atoms with E-state index in [1.54, 1.807) is 16.9 Å². The van der Waals surface area contributed by atoms with E-state index in [1.807, 2.05) is 24.8 Å². The van der Waals surface area contributed by atoms with Crippen LogP contribution in [-0.4, -0.2) is 50.7 Å². The maximum atomic E-state index is 13.1. The summed E-state index contributed by atoms with van der Waals surface area (Å²) in [6, 6.07) is 8.24. The van der Waals surface area contributed by atoms with E-state index < -0.39 is 0 Å². The maximum absolute atomic E-state index is 13.1. The fourth-order valence-electron chi connectivity index (χ4n) is 3.68. The van der Waals surface area contributed by atoms with Crippen LogP contribution in [0.1, 0.15) is 35.3 Å². The van der Waals surface area contributed by atoms with Gasteiger partial charge in [-0.25, -0.2) is 9.50 Å². The van der Waals surface area contributed by atoms with Crippen LogP contribution in [0.15, 0.2) is 36.7 Å². The minimum absolute atomic E-state index is 0.0265. The SMILES string of the molecule is Cc1ccc(-c2ccnc3c(C(=O)N4C[C@@H](C)O[C@H](C)C4)cnn23)cc1C. The van der Waals surface area contributed by atoms with Crippen LogP contribution in [0.4, 0.5) is 0 Å². The van der Waals surface area contributed by atoms with Crippen molar-refractivity contribution in [1.82, 2.24) is 19.5 Å². The zero-order valence-electron chi connectivity index (χ0n) is 16.1. The van der Waals surface area contributed by atoms with Gasteiger partial charge in [0.1, 0.15) is 5.56 Å². The molecular formula is C21H24N4O2. The van der Waals surface area contributed by atoms with E-state index in [2.05, 4.69) is 42.1 Å². The molecule has 0 N–H and O–H groups in total. The molecule has 6 nitrogen and oxygen atoms in total. The first kappa shape index (κ1) is 17.7. The Kier molecular flexibility index (Phi) is 4.44. The van der Waals surface area contributed by atoms with Crippen molar-refractivity contribution in [3.8, 4) is 11.3 Å². The average molecular weight is 364 g/mol. The number of hydrogen-bond acceptors (Lipinski definition) is 4. The number of carbonyl (C=O) groups excluding carboxylic acids is 1. The highest BCUT2D eigenvalue weighted by molar-refractivity contribution is 6.00. The number of nitrogens with zero attached hydrogens (tertiary/aromatic N) is 4. The van der Waals surface area contributed by atoms with Gasteiger partial charge in [-0.15, -0.1) is 0 Å².